The lowest BCUT2D eigenvalue weighted by Gasteiger charge is -1.81. The molecule has 0 atom stereocenters. The largest absolute Gasteiger partial charge is 0.317 e. The first-order valence-electron chi connectivity index (χ1n) is 1.65. The van der Waals surface area contributed by atoms with Gasteiger partial charge in [-0.2, -0.15) is 5.26 Å². The van der Waals surface area contributed by atoms with Crippen molar-refractivity contribution >= 4 is 0 Å². The van der Waals surface area contributed by atoms with E-state index >= 15 is 0 Å². The zero-order chi connectivity index (χ0) is 4.83. The Bertz CT molecular complexity index is 56.3. The van der Waals surface area contributed by atoms with Crippen LogP contribution in [-0.2, 0) is 0 Å². The van der Waals surface area contributed by atoms with Gasteiger partial charge in [0.25, 0.3) is 0 Å². The van der Waals surface area contributed by atoms with Crippen molar-refractivity contribution < 1.29 is 5.21 Å². The topological polar surface area (TPSA) is 56.0 Å². The molecule has 3 nitrogen and oxygen atoms in total. The van der Waals surface area contributed by atoms with Crippen LogP contribution in [0.3, 0.4) is 0 Å². The van der Waals surface area contributed by atoms with E-state index in [9.17, 15) is 0 Å². The molecule has 0 saturated carbocycles. The maximum Gasteiger partial charge on any atom is 0.0636 e. The Morgan fingerprint density at radius 3 is 2.67 bits per heavy atom. The minimum Gasteiger partial charge on any atom is -0.317 e. The van der Waals surface area contributed by atoms with Crippen LogP contribution < -0.4 is 5.48 Å². The van der Waals surface area contributed by atoms with Gasteiger partial charge in [0.1, 0.15) is 0 Å². The summed E-state index contributed by atoms with van der Waals surface area (Å²) in [5, 5.41) is 15.6. The lowest BCUT2D eigenvalue weighted by Crippen LogP contribution is -2.06. The molecule has 0 saturated heterocycles. The van der Waals surface area contributed by atoms with Crippen molar-refractivity contribution in [3.8, 4) is 6.07 Å². The summed E-state index contributed by atoms with van der Waals surface area (Å²) in [7, 11) is 0. The van der Waals surface area contributed by atoms with E-state index in [4.69, 9.17) is 10.5 Å². The Hall–Kier alpha value is -0.590. The smallest absolute Gasteiger partial charge is 0.0636 e. The molecule has 0 fully saturated rings. The van der Waals surface area contributed by atoms with E-state index < -0.39 is 0 Å². The van der Waals surface area contributed by atoms with Crippen LogP contribution in [0.15, 0.2) is 0 Å². The quantitative estimate of drug-likeness (QED) is 0.364. The second-order valence-corrected chi connectivity index (χ2v) is 0.816. The van der Waals surface area contributed by atoms with Crippen LogP contribution in [0.5, 0.6) is 0 Å². The minimum atomic E-state index is 0.358. The van der Waals surface area contributed by atoms with Gasteiger partial charge in [-0.05, 0) is 0 Å². The highest BCUT2D eigenvalue weighted by Gasteiger charge is 1.73. The van der Waals surface area contributed by atoms with Gasteiger partial charge in [-0.3, -0.25) is 0 Å². The summed E-state index contributed by atoms with van der Waals surface area (Å²) >= 11 is 0. The zero-order valence-electron chi connectivity index (χ0n) is 3.31. The summed E-state index contributed by atoms with van der Waals surface area (Å²) in [4.78, 5) is 0. The molecule has 3 heteroatoms. The van der Waals surface area contributed by atoms with Gasteiger partial charge in [0.05, 0.1) is 6.07 Å². The van der Waals surface area contributed by atoms with Crippen LogP contribution in [0.2, 0.25) is 0 Å². The molecule has 0 aliphatic heterocycles. The number of nitriles is 1. The van der Waals surface area contributed by atoms with Crippen molar-refractivity contribution in [1.82, 2.24) is 5.48 Å². The van der Waals surface area contributed by atoms with Crippen molar-refractivity contribution in [2.24, 2.45) is 0 Å². The third-order valence-corrected chi connectivity index (χ3v) is 0.349. The van der Waals surface area contributed by atoms with Crippen LogP contribution in [0, 0.1) is 11.3 Å². The standard InChI is InChI=1S/C3H6N2O/c4-2-1-3-5-6/h5-6H,1,3H2. The van der Waals surface area contributed by atoms with E-state index in [1.807, 2.05) is 11.5 Å². The molecule has 0 unspecified atom stereocenters. The Labute approximate surface area is 36.2 Å². The summed E-state index contributed by atoms with van der Waals surface area (Å²) in [5.41, 5.74) is 1.85. The van der Waals surface area contributed by atoms with Crippen LogP contribution in [0.1, 0.15) is 6.42 Å². The van der Waals surface area contributed by atoms with Gasteiger partial charge in [0, 0.05) is 13.0 Å². The maximum absolute atomic E-state index is 7.80. The number of nitrogens with zero attached hydrogens (tertiary/aromatic N) is 1. The average Bonchev–Trinajstić information content (AvgIpc) is 1.61. The summed E-state index contributed by atoms with van der Waals surface area (Å²) in [5.74, 6) is 0. The number of hydroxylamine groups is 1. The summed E-state index contributed by atoms with van der Waals surface area (Å²) < 4.78 is 0. The Morgan fingerprint density at radius 2 is 2.50 bits per heavy atom. The zero-order valence-corrected chi connectivity index (χ0v) is 3.31. The highest BCUT2D eigenvalue weighted by molar-refractivity contribution is 4.67. The predicted molar refractivity (Wildman–Crippen MR) is 20.0 cm³/mol. The number of hydrogen-bond donors (Lipinski definition) is 2. The van der Waals surface area contributed by atoms with Gasteiger partial charge in [-0.15, -0.1) is 0 Å². The molecule has 0 spiro atoms. The molecule has 0 aromatic carbocycles. The van der Waals surface area contributed by atoms with Gasteiger partial charge in [-0.25, -0.2) is 5.48 Å². The minimum absolute atomic E-state index is 0.358. The van der Waals surface area contributed by atoms with Crippen molar-refractivity contribution in [3.63, 3.8) is 0 Å². The van der Waals surface area contributed by atoms with E-state index in [0.717, 1.165) is 0 Å². The van der Waals surface area contributed by atoms with Crippen LogP contribution >= 0.6 is 0 Å². The molecule has 6 heavy (non-hydrogen) atoms. The van der Waals surface area contributed by atoms with E-state index in [1.54, 1.807) is 0 Å². The monoisotopic (exact) mass is 86.0 g/mol. The normalized spacial score (nSPS) is 7.33. The molecule has 0 rings (SSSR count). The van der Waals surface area contributed by atoms with Gasteiger partial charge in [0.15, 0.2) is 0 Å². The SMILES string of the molecule is N#CCCNO. The maximum atomic E-state index is 7.80. The molecular formula is C3H6N2O. The fourth-order valence-corrected chi connectivity index (χ4v) is 0.112. The van der Waals surface area contributed by atoms with E-state index in [1.165, 1.54) is 0 Å². The second kappa shape index (κ2) is 4.41. The first-order valence-corrected chi connectivity index (χ1v) is 1.65. The van der Waals surface area contributed by atoms with Crippen molar-refractivity contribution in [2.45, 2.75) is 6.42 Å². The van der Waals surface area contributed by atoms with Crippen molar-refractivity contribution in [2.75, 3.05) is 6.54 Å². The van der Waals surface area contributed by atoms with Gasteiger partial charge in [-0.1, -0.05) is 0 Å². The molecule has 0 heterocycles. The van der Waals surface area contributed by atoms with Crippen molar-refractivity contribution in [1.29, 1.82) is 5.26 Å². The summed E-state index contributed by atoms with van der Waals surface area (Å²) in [6.45, 7) is 0.358. The average molecular weight is 86.1 g/mol. The highest BCUT2D eigenvalue weighted by Crippen LogP contribution is 1.63. The molecule has 0 aromatic rings. The van der Waals surface area contributed by atoms with Gasteiger partial charge in [0.2, 0.25) is 0 Å². The molecule has 0 aliphatic carbocycles. The van der Waals surface area contributed by atoms with Gasteiger partial charge >= 0.3 is 0 Å². The second-order valence-electron chi connectivity index (χ2n) is 0.816. The summed E-state index contributed by atoms with van der Waals surface area (Å²) in [6, 6.07) is 1.85. The van der Waals surface area contributed by atoms with Crippen molar-refractivity contribution in [3.05, 3.63) is 0 Å². The Kier molecular flexibility index (Phi) is 3.98. The fourth-order valence-electron chi connectivity index (χ4n) is 0.112. The van der Waals surface area contributed by atoms with E-state index in [2.05, 4.69) is 0 Å². The van der Waals surface area contributed by atoms with E-state index in [0.29, 0.717) is 13.0 Å². The van der Waals surface area contributed by atoms with Crippen LogP contribution in [0.4, 0.5) is 0 Å². The molecule has 0 amide bonds. The molecule has 0 bridgehead atoms. The third-order valence-electron chi connectivity index (χ3n) is 0.349. The molecule has 2 N–H and O–H groups in total. The highest BCUT2D eigenvalue weighted by atomic mass is 16.5. The van der Waals surface area contributed by atoms with Crippen LogP contribution in [0.25, 0.3) is 0 Å². The lowest BCUT2D eigenvalue weighted by molar-refractivity contribution is 0.169. The Balaban J connectivity index is 2.54. The Morgan fingerprint density at radius 1 is 1.83 bits per heavy atom. The third kappa shape index (κ3) is 3.41. The first kappa shape index (κ1) is 5.41. The van der Waals surface area contributed by atoms with E-state index in [-0.39, 0.29) is 0 Å². The fraction of sp³-hybridized carbons (Fsp3) is 0.667. The molecule has 0 aromatic heterocycles. The molecule has 34 valence electrons. The number of rotatable bonds is 2. The molecule has 0 aliphatic rings. The predicted octanol–water partition coefficient (Wildman–Crippen LogP) is -0.121. The molecular weight excluding hydrogens is 80.0 g/mol. The molecule has 0 radical (unpaired) electrons. The summed E-state index contributed by atoms with van der Waals surface area (Å²) in [6.07, 6.45) is 0.358. The lowest BCUT2D eigenvalue weighted by atomic mass is 10.5. The van der Waals surface area contributed by atoms with Gasteiger partial charge < -0.3 is 5.21 Å². The number of hydrogen-bond acceptors (Lipinski definition) is 3. The van der Waals surface area contributed by atoms with Crippen LogP contribution in [-0.4, -0.2) is 11.8 Å². The first-order chi connectivity index (χ1) is 2.91. The number of nitrogens with one attached hydrogen (secondary N) is 1.